The Morgan fingerprint density at radius 2 is 2.41 bits per heavy atom. The van der Waals surface area contributed by atoms with Crippen molar-refractivity contribution in [3.63, 3.8) is 0 Å². The maximum atomic E-state index is 6.43. The average molecular weight is 358 g/mol. The fraction of sp³-hybridized carbons (Fsp3) is 0.357. The molecule has 3 aromatic heterocycles. The summed E-state index contributed by atoms with van der Waals surface area (Å²) in [5.41, 5.74) is 6.86. The van der Waals surface area contributed by atoms with Crippen molar-refractivity contribution in [1.29, 1.82) is 0 Å². The molecule has 0 aromatic carbocycles. The summed E-state index contributed by atoms with van der Waals surface area (Å²) in [6.07, 6.45) is 2.35. The Morgan fingerprint density at radius 1 is 1.55 bits per heavy atom. The molecule has 5 nitrogen and oxygen atoms in total. The summed E-state index contributed by atoms with van der Waals surface area (Å²) in [6, 6.07) is 3.74. The minimum absolute atomic E-state index is 0.0616. The van der Waals surface area contributed by atoms with Gasteiger partial charge in [0.05, 0.1) is 29.1 Å². The predicted octanol–water partition coefficient (Wildman–Crippen LogP) is 3.73. The lowest BCUT2D eigenvalue weighted by Gasteiger charge is -2.08. The van der Waals surface area contributed by atoms with Crippen LogP contribution in [0.15, 0.2) is 22.8 Å². The first-order chi connectivity index (χ1) is 10.7. The number of hydrogen-bond acceptors (Lipinski definition) is 7. The standard InChI is InChI=1S/C14H16ClN3O2S2/c1-19-7-8(16)5-10-11(15)12-13(21-10)14(22-18-12)17-6-9-3-2-4-20-9/h2-4,8,17H,5-7,16H2,1H3/t8-/m1/s1. The van der Waals surface area contributed by atoms with Gasteiger partial charge in [-0.1, -0.05) is 11.6 Å². The summed E-state index contributed by atoms with van der Waals surface area (Å²) in [5.74, 6) is 0.881. The molecule has 118 valence electrons. The van der Waals surface area contributed by atoms with E-state index in [0.717, 1.165) is 25.9 Å². The molecule has 0 unspecified atom stereocenters. The fourth-order valence-corrected chi connectivity index (χ4v) is 4.70. The third kappa shape index (κ3) is 3.28. The molecule has 3 rings (SSSR count). The Kier molecular flexibility index (Phi) is 5.00. The zero-order chi connectivity index (χ0) is 15.5. The summed E-state index contributed by atoms with van der Waals surface area (Å²) in [6.45, 7) is 1.14. The van der Waals surface area contributed by atoms with Gasteiger partial charge in [0.15, 0.2) is 0 Å². The zero-order valence-corrected chi connectivity index (χ0v) is 14.4. The highest BCUT2D eigenvalue weighted by Crippen LogP contribution is 2.41. The van der Waals surface area contributed by atoms with Gasteiger partial charge in [0.2, 0.25) is 0 Å². The van der Waals surface area contributed by atoms with E-state index < -0.39 is 0 Å². The number of halogens is 1. The number of methoxy groups -OCH3 is 1. The maximum Gasteiger partial charge on any atom is 0.127 e. The summed E-state index contributed by atoms with van der Waals surface area (Å²) in [4.78, 5) is 1.05. The first-order valence-electron chi connectivity index (χ1n) is 6.76. The molecule has 1 atom stereocenters. The highest BCUT2D eigenvalue weighted by Gasteiger charge is 2.18. The lowest BCUT2D eigenvalue weighted by molar-refractivity contribution is 0.180. The largest absolute Gasteiger partial charge is 0.467 e. The van der Waals surface area contributed by atoms with Gasteiger partial charge in [-0.05, 0) is 23.7 Å². The van der Waals surface area contributed by atoms with Crippen molar-refractivity contribution in [2.45, 2.75) is 19.0 Å². The quantitative estimate of drug-likeness (QED) is 0.674. The van der Waals surface area contributed by atoms with Gasteiger partial charge in [0.1, 0.15) is 16.3 Å². The highest BCUT2D eigenvalue weighted by atomic mass is 35.5. The van der Waals surface area contributed by atoms with E-state index in [1.165, 1.54) is 11.5 Å². The Balaban J connectivity index is 1.78. The zero-order valence-electron chi connectivity index (χ0n) is 12.0. The minimum atomic E-state index is -0.0616. The molecule has 3 aromatic rings. The number of nitrogens with zero attached hydrogens (tertiary/aromatic N) is 1. The number of rotatable bonds is 7. The molecule has 0 saturated carbocycles. The molecular formula is C14H16ClN3O2S2. The van der Waals surface area contributed by atoms with Gasteiger partial charge in [0, 0.05) is 24.4 Å². The Morgan fingerprint density at radius 3 is 3.14 bits per heavy atom. The molecule has 0 aliphatic heterocycles. The van der Waals surface area contributed by atoms with E-state index in [4.69, 9.17) is 26.5 Å². The second-order valence-corrected chi connectivity index (χ2v) is 7.14. The number of hydrogen-bond donors (Lipinski definition) is 2. The number of ether oxygens (including phenoxy) is 1. The summed E-state index contributed by atoms with van der Waals surface area (Å²) in [5, 5.41) is 5.05. The van der Waals surface area contributed by atoms with E-state index in [2.05, 4.69) is 9.69 Å². The highest BCUT2D eigenvalue weighted by molar-refractivity contribution is 7.25. The van der Waals surface area contributed by atoms with Gasteiger partial charge < -0.3 is 20.2 Å². The summed E-state index contributed by atoms with van der Waals surface area (Å²) < 4.78 is 15.9. The van der Waals surface area contributed by atoms with Crippen molar-refractivity contribution in [2.24, 2.45) is 5.73 Å². The monoisotopic (exact) mass is 357 g/mol. The van der Waals surface area contributed by atoms with E-state index >= 15 is 0 Å². The molecule has 8 heteroatoms. The van der Waals surface area contributed by atoms with Crippen LogP contribution in [0.1, 0.15) is 10.6 Å². The summed E-state index contributed by atoms with van der Waals surface area (Å²) >= 11 is 9.47. The van der Waals surface area contributed by atoms with Crippen LogP contribution in [0, 0.1) is 0 Å². The van der Waals surface area contributed by atoms with Gasteiger partial charge in [-0.3, -0.25) is 0 Å². The van der Waals surface area contributed by atoms with E-state index in [9.17, 15) is 0 Å². The van der Waals surface area contributed by atoms with E-state index in [1.807, 2.05) is 12.1 Å². The second kappa shape index (κ2) is 6.97. The normalized spacial score (nSPS) is 12.9. The molecule has 3 heterocycles. The topological polar surface area (TPSA) is 73.3 Å². The van der Waals surface area contributed by atoms with Crippen molar-refractivity contribution in [2.75, 3.05) is 19.0 Å². The third-order valence-electron chi connectivity index (χ3n) is 3.16. The molecule has 0 saturated heterocycles. The Hall–Kier alpha value is -1.12. The van der Waals surface area contributed by atoms with Crippen molar-refractivity contribution in [1.82, 2.24) is 4.37 Å². The van der Waals surface area contributed by atoms with E-state index in [1.54, 1.807) is 24.7 Å². The van der Waals surface area contributed by atoms with Gasteiger partial charge in [-0.25, -0.2) is 0 Å². The van der Waals surface area contributed by atoms with Crippen LogP contribution in [-0.2, 0) is 17.7 Å². The van der Waals surface area contributed by atoms with Crippen molar-refractivity contribution < 1.29 is 9.15 Å². The van der Waals surface area contributed by atoms with Crippen molar-refractivity contribution in [3.05, 3.63) is 34.1 Å². The number of thiophene rings is 1. The molecular weight excluding hydrogens is 342 g/mol. The van der Waals surface area contributed by atoms with Gasteiger partial charge >= 0.3 is 0 Å². The Labute approximate surface area is 141 Å². The minimum Gasteiger partial charge on any atom is -0.467 e. The van der Waals surface area contributed by atoms with Crippen LogP contribution in [0.2, 0.25) is 5.02 Å². The number of aromatic nitrogens is 1. The molecule has 0 fully saturated rings. The fourth-order valence-electron chi connectivity index (χ4n) is 2.15. The smallest absolute Gasteiger partial charge is 0.127 e. The predicted molar refractivity (Wildman–Crippen MR) is 92.1 cm³/mol. The van der Waals surface area contributed by atoms with Crippen LogP contribution in [0.4, 0.5) is 5.00 Å². The van der Waals surface area contributed by atoms with Gasteiger partial charge in [-0.2, -0.15) is 4.37 Å². The van der Waals surface area contributed by atoms with E-state index in [0.29, 0.717) is 24.6 Å². The molecule has 0 aliphatic rings. The number of nitrogens with two attached hydrogens (primary N) is 1. The van der Waals surface area contributed by atoms with Crippen LogP contribution >= 0.6 is 34.5 Å². The van der Waals surface area contributed by atoms with Gasteiger partial charge in [0.25, 0.3) is 0 Å². The Bertz CT molecular complexity index is 739. The van der Waals surface area contributed by atoms with Gasteiger partial charge in [-0.15, -0.1) is 11.3 Å². The van der Waals surface area contributed by atoms with E-state index in [-0.39, 0.29) is 6.04 Å². The first kappa shape index (κ1) is 15.8. The summed E-state index contributed by atoms with van der Waals surface area (Å²) in [7, 11) is 1.65. The number of anilines is 1. The SMILES string of the molecule is COC[C@H](N)Cc1sc2c(NCc3ccco3)snc2c1Cl. The van der Waals surface area contributed by atoms with Crippen LogP contribution in [0.25, 0.3) is 10.2 Å². The lowest BCUT2D eigenvalue weighted by atomic mass is 10.2. The first-order valence-corrected chi connectivity index (χ1v) is 8.73. The second-order valence-electron chi connectivity index (χ2n) is 4.88. The molecule has 0 bridgehead atoms. The van der Waals surface area contributed by atoms with Crippen molar-refractivity contribution >= 4 is 49.7 Å². The maximum absolute atomic E-state index is 6.43. The third-order valence-corrected chi connectivity index (χ3v) is 5.83. The molecule has 0 spiro atoms. The lowest BCUT2D eigenvalue weighted by Crippen LogP contribution is -2.27. The molecule has 0 radical (unpaired) electrons. The molecule has 3 N–H and O–H groups in total. The van der Waals surface area contributed by atoms with Crippen LogP contribution in [0.5, 0.6) is 0 Å². The average Bonchev–Trinajstić information content (AvgIpc) is 3.18. The number of furan rings is 1. The molecule has 0 aliphatic carbocycles. The van der Waals surface area contributed by atoms with Crippen LogP contribution < -0.4 is 11.1 Å². The molecule has 22 heavy (non-hydrogen) atoms. The van der Waals surface area contributed by atoms with Crippen LogP contribution in [-0.4, -0.2) is 24.1 Å². The number of fused-ring (bicyclic) bond motifs is 1. The molecule has 0 amide bonds. The number of nitrogens with one attached hydrogen (secondary N) is 1. The van der Waals surface area contributed by atoms with Crippen molar-refractivity contribution in [3.8, 4) is 0 Å². The van der Waals surface area contributed by atoms with Crippen LogP contribution in [0.3, 0.4) is 0 Å².